The first-order valence-corrected chi connectivity index (χ1v) is 9.94. The molecule has 0 unspecified atom stereocenters. The number of nitrogens with zero attached hydrogens (tertiary/aromatic N) is 3. The van der Waals surface area contributed by atoms with Crippen molar-refractivity contribution in [2.45, 2.75) is 25.7 Å². The van der Waals surface area contributed by atoms with Gasteiger partial charge in [-0.2, -0.15) is 5.10 Å². The van der Waals surface area contributed by atoms with Crippen molar-refractivity contribution < 1.29 is 14.0 Å². The molecule has 6 nitrogen and oxygen atoms in total. The standard InChI is InChI=1S/C23H23FN4O2/c1-27(2)23(30)15-6-5-7-17(14-15)25-22(29)21-19-8-3-4-9-20(19)28(26-21)18-12-10-16(24)11-13-18/h5-7,10-14H,3-4,8-9H2,1-2H3,(H,25,29). The molecule has 154 valence electrons. The van der Waals surface area contributed by atoms with E-state index in [1.807, 2.05) is 0 Å². The molecule has 2 aromatic carbocycles. The first kappa shape index (κ1) is 19.8. The van der Waals surface area contributed by atoms with E-state index in [9.17, 15) is 14.0 Å². The molecule has 0 fully saturated rings. The van der Waals surface area contributed by atoms with Crippen LogP contribution in [-0.4, -0.2) is 40.6 Å². The number of carbonyl (C=O) groups is 2. The molecule has 2 amide bonds. The van der Waals surface area contributed by atoms with E-state index in [0.717, 1.165) is 42.6 Å². The topological polar surface area (TPSA) is 67.2 Å². The third kappa shape index (κ3) is 3.83. The van der Waals surface area contributed by atoms with Crippen LogP contribution in [0.4, 0.5) is 10.1 Å². The summed E-state index contributed by atoms with van der Waals surface area (Å²) >= 11 is 0. The van der Waals surface area contributed by atoms with Gasteiger partial charge in [-0.05, 0) is 68.1 Å². The average molecular weight is 406 g/mol. The van der Waals surface area contributed by atoms with Crippen LogP contribution >= 0.6 is 0 Å². The predicted molar refractivity (Wildman–Crippen MR) is 113 cm³/mol. The Morgan fingerprint density at radius 1 is 1.07 bits per heavy atom. The Balaban J connectivity index is 1.66. The molecular weight excluding hydrogens is 383 g/mol. The van der Waals surface area contributed by atoms with Gasteiger partial charge >= 0.3 is 0 Å². The Bertz CT molecular complexity index is 1100. The number of carbonyl (C=O) groups excluding carboxylic acids is 2. The summed E-state index contributed by atoms with van der Waals surface area (Å²) in [6.45, 7) is 0. The molecule has 0 spiro atoms. The summed E-state index contributed by atoms with van der Waals surface area (Å²) in [4.78, 5) is 26.7. The van der Waals surface area contributed by atoms with Gasteiger partial charge in [0.05, 0.1) is 5.69 Å². The van der Waals surface area contributed by atoms with Crippen molar-refractivity contribution in [2.75, 3.05) is 19.4 Å². The second kappa shape index (κ2) is 8.10. The van der Waals surface area contributed by atoms with Gasteiger partial charge in [0.1, 0.15) is 5.82 Å². The second-order valence-electron chi connectivity index (χ2n) is 7.60. The van der Waals surface area contributed by atoms with Crippen molar-refractivity contribution in [2.24, 2.45) is 0 Å². The summed E-state index contributed by atoms with van der Waals surface area (Å²) in [5.74, 6) is -0.766. The molecule has 7 heteroatoms. The van der Waals surface area contributed by atoms with Crippen LogP contribution in [0, 0.1) is 5.82 Å². The molecule has 1 aromatic heterocycles. The van der Waals surface area contributed by atoms with Gasteiger partial charge in [-0.15, -0.1) is 0 Å². The highest BCUT2D eigenvalue weighted by atomic mass is 19.1. The number of nitrogens with one attached hydrogen (secondary N) is 1. The summed E-state index contributed by atoms with van der Waals surface area (Å²) in [6.07, 6.45) is 3.61. The molecule has 1 heterocycles. The van der Waals surface area contributed by atoms with Crippen LogP contribution in [0.2, 0.25) is 0 Å². The number of hydrogen-bond acceptors (Lipinski definition) is 3. The molecule has 1 N–H and O–H groups in total. The largest absolute Gasteiger partial charge is 0.345 e. The highest BCUT2D eigenvalue weighted by Gasteiger charge is 2.26. The fourth-order valence-electron chi connectivity index (χ4n) is 3.76. The van der Waals surface area contributed by atoms with E-state index >= 15 is 0 Å². The molecular formula is C23H23FN4O2. The van der Waals surface area contributed by atoms with E-state index in [-0.39, 0.29) is 17.6 Å². The lowest BCUT2D eigenvalue weighted by molar-refractivity contribution is 0.0827. The third-order valence-corrected chi connectivity index (χ3v) is 5.24. The molecule has 3 aromatic rings. The maximum absolute atomic E-state index is 13.3. The molecule has 1 aliphatic rings. The Hall–Kier alpha value is -3.48. The summed E-state index contributed by atoms with van der Waals surface area (Å²) in [6, 6.07) is 12.9. The first-order valence-electron chi connectivity index (χ1n) is 9.94. The van der Waals surface area contributed by atoms with Crippen LogP contribution in [0.15, 0.2) is 48.5 Å². The van der Waals surface area contributed by atoms with Gasteiger partial charge in [0.2, 0.25) is 0 Å². The van der Waals surface area contributed by atoms with Gasteiger partial charge in [-0.25, -0.2) is 9.07 Å². The lowest BCUT2D eigenvalue weighted by Gasteiger charge is -2.14. The van der Waals surface area contributed by atoms with E-state index in [1.54, 1.807) is 55.2 Å². The van der Waals surface area contributed by atoms with E-state index < -0.39 is 0 Å². The summed E-state index contributed by atoms with van der Waals surface area (Å²) < 4.78 is 15.1. The van der Waals surface area contributed by atoms with Crippen molar-refractivity contribution in [1.82, 2.24) is 14.7 Å². The van der Waals surface area contributed by atoms with Gasteiger partial charge in [0.25, 0.3) is 11.8 Å². The average Bonchev–Trinajstić information content (AvgIpc) is 3.14. The minimum Gasteiger partial charge on any atom is -0.345 e. The minimum absolute atomic E-state index is 0.135. The van der Waals surface area contributed by atoms with Gasteiger partial charge in [0.15, 0.2) is 5.69 Å². The number of halogens is 1. The fourth-order valence-corrected chi connectivity index (χ4v) is 3.76. The zero-order valence-electron chi connectivity index (χ0n) is 17.0. The highest BCUT2D eigenvalue weighted by Crippen LogP contribution is 2.28. The van der Waals surface area contributed by atoms with Crippen molar-refractivity contribution in [1.29, 1.82) is 0 Å². The van der Waals surface area contributed by atoms with Crippen molar-refractivity contribution in [3.05, 3.63) is 76.9 Å². The zero-order chi connectivity index (χ0) is 21.3. The van der Waals surface area contributed by atoms with Gasteiger partial charge < -0.3 is 10.2 Å². The van der Waals surface area contributed by atoms with Gasteiger partial charge in [0, 0.05) is 36.6 Å². The number of hydrogen-bond donors (Lipinski definition) is 1. The maximum atomic E-state index is 13.3. The van der Waals surface area contributed by atoms with Crippen LogP contribution in [0.1, 0.15) is 44.9 Å². The third-order valence-electron chi connectivity index (χ3n) is 5.24. The van der Waals surface area contributed by atoms with E-state index in [4.69, 9.17) is 0 Å². The highest BCUT2D eigenvalue weighted by molar-refractivity contribution is 6.05. The SMILES string of the molecule is CN(C)C(=O)c1cccc(NC(=O)c2nn(-c3ccc(F)cc3)c3c2CCCC3)c1. The zero-order valence-corrected chi connectivity index (χ0v) is 17.0. The Morgan fingerprint density at radius 2 is 1.80 bits per heavy atom. The van der Waals surface area contributed by atoms with Crippen LogP contribution in [0.5, 0.6) is 0 Å². The molecule has 0 atom stereocenters. The van der Waals surface area contributed by atoms with Crippen LogP contribution < -0.4 is 5.32 Å². The lowest BCUT2D eigenvalue weighted by Crippen LogP contribution is -2.22. The normalized spacial score (nSPS) is 12.9. The Labute approximate surface area is 174 Å². The van der Waals surface area contributed by atoms with Crippen molar-refractivity contribution >= 4 is 17.5 Å². The first-order chi connectivity index (χ1) is 14.4. The number of benzene rings is 2. The molecule has 0 saturated heterocycles. The quantitative estimate of drug-likeness (QED) is 0.716. The molecule has 0 bridgehead atoms. The molecule has 30 heavy (non-hydrogen) atoms. The summed E-state index contributed by atoms with van der Waals surface area (Å²) in [5.41, 5.74) is 4.06. The smallest absolute Gasteiger partial charge is 0.276 e. The number of fused-ring (bicyclic) bond motifs is 1. The lowest BCUT2D eigenvalue weighted by atomic mass is 9.95. The number of aromatic nitrogens is 2. The van der Waals surface area contributed by atoms with Crippen LogP contribution in [0.3, 0.4) is 0 Å². The molecule has 0 radical (unpaired) electrons. The maximum Gasteiger partial charge on any atom is 0.276 e. The summed E-state index contributed by atoms with van der Waals surface area (Å²) in [5, 5.41) is 7.45. The number of amides is 2. The fraction of sp³-hybridized carbons (Fsp3) is 0.261. The van der Waals surface area contributed by atoms with Crippen molar-refractivity contribution in [3.63, 3.8) is 0 Å². The predicted octanol–water partition coefficient (Wildman–Crippen LogP) is 3.84. The second-order valence-corrected chi connectivity index (χ2v) is 7.60. The van der Waals surface area contributed by atoms with Crippen LogP contribution in [0.25, 0.3) is 5.69 Å². The van der Waals surface area contributed by atoms with E-state index in [2.05, 4.69) is 10.4 Å². The molecule has 0 aliphatic heterocycles. The van der Waals surface area contributed by atoms with Gasteiger partial charge in [-0.1, -0.05) is 6.07 Å². The summed E-state index contributed by atoms with van der Waals surface area (Å²) in [7, 11) is 3.37. The molecule has 0 saturated carbocycles. The molecule has 1 aliphatic carbocycles. The number of anilines is 1. The van der Waals surface area contributed by atoms with E-state index in [0.29, 0.717) is 16.9 Å². The number of rotatable bonds is 4. The Morgan fingerprint density at radius 3 is 2.53 bits per heavy atom. The van der Waals surface area contributed by atoms with Gasteiger partial charge in [-0.3, -0.25) is 9.59 Å². The monoisotopic (exact) mass is 406 g/mol. The minimum atomic E-state index is -0.316. The van der Waals surface area contributed by atoms with E-state index in [1.165, 1.54) is 17.0 Å². The van der Waals surface area contributed by atoms with Crippen molar-refractivity contribution in [3.8, 4) is 5.69 Å². The van der Waals surface area contributed by atoms with Crippen LogP contribution in [-0.2, 0) is 12.8 Å². The Kier molecular flexibility index (Phi) is 5.35. The molecule has 4 rings (SSSR count).